The molecule has 0 radical (unpaired) electrons. The summed E-state index contributed by atoms with van der Waals surface area (Å²) in [6, 6.07) is -0.176. The van der Waals surface area contributed by atoms with Gasteiger partial charge in [-0.1, -0.05) is 0 Å². The monoisotopic (exact) mass is 254 g/mol. The van der Waals surface area contributed by atoms with Crippen LogP contribution in [0.5, 0.6) is 0 Å². The molecule has 0 spiro atoms. The first-order valence-corrected chi connectivity index (χ1v) is 5.44. The van der Waals surface area contributed by atoms with Gasteiger partial charge in [0, 0.05) is 30.8 Å². The summed E-state index contributed by atoms with van der Waals surface area (Å²) in [5.74, 6) is -0.660. The molecule has 1 aliphatic heterocycles. The Kier molecular flexibility index (Phi) is 2.95. The van der Waals surface area contributed by atoms with Crippen LogP contribution in [0.25, 0.3) is 0 Å². The summed E-state index contributed by atoms with van der Waals surface area (Å²) in [6.07, 6.45) is -0.568. The Bertz CT molecular complexity index is 496. The fourth-order valence-corrected chi connectivity index (χ4v) is 2.06. The maximum Gasteiger partial charge on any atom is 0.407 e. The number of aromatic amines is 1. The van der Waals surface area contributed by atoms with Gasteiger partial charge in [0.15, 0.2) is 5.69 Å². The zero-order valence-electron chi connectivity index (χ0n) is 10.0. The molecule has 2 rings (SSSR count). The number of fused-ring (bicyclic) bond motifs is 1. The second-order valence-electron chi connectivity index (χ2n) is 4.32. The van der Waals surface area contributed by atoms with Gasteiger partial charge in [-0.15, -0.1) is 0 Å². The van der Waals surface area contributed by atoms with Gasteiger partial charge in [-0.25, -0.2) is 9.86 Å². The molecular weight excluding hydrogens is 240 g/mol. The van der Waals surface area contributed by atoms with Crippen LogP contribution >= 0.6 is 0 Å². The summed E-state index contributed by atoms with van der Waals surface area (Å²) >= 11 is 0. The molecule has 0 aliphatic carbocycles. The second-order valence-corrected chi connectivity index (χ2v) is 4.32. The number of nitrogens with zero attached hydrogens (tertiary/aromatic N) is 3. The van der Waals surface area contributed by atoms with E-state index in [-0.39, 0.29) is 18.3 Å². The van der Waals surface area contributed by atoms with E-state index in [2.05, 4.69) is 10.2 Å². The summed E-state index contributed by atoms with van der Waals surface area (Å²) < 4.78 is 0. The van der Waals surface area contributed by atoms with Gasteiger partial charge in [0.1, 0.15) is 0 Å². The van der Waals surface area contributed by atoms with Crippen molar-refractivity contribution >= 4 is 12.0 Å². The zero-order chi connectivity index (χ0) is 13.4. The van der Waals surface area contributed by atoms with Crippen molar-refractivity contribution in [3.05, 3.63) is 17.0 Å². The Hall–Kier alpha value is -2.09. The standard InChI is InChI=1S/C10H14N4O4/c1-5-3-7-6(4-14(5)10(16)17)8(12-11-7)9(15)13(2)18/h5,18H,3-4H2,1-2H3,(H,11,12)(H,16,17). The van der Waals surface area contributed by atoms with Crippen molar-refractivity contribution in [2.75, 3.05) is 7.05 Å². The normalized spacial score (nSPS) is 18.4. The first-order chi connectivity index (χ1) is 8.41. The molecule has 98 valence electrons. The lowest BCUT2D eigenvalue weighted by Crippen LogP contribution is -2.42. The highest BCUT2D eigenvalue weighted by Crippen LogP contribution is 2.24. The highest BCUT2D eigenvalue weighted by atomic mass is 16.5. The highest BCUT2D eigenvalue weighted by molar-refractivity contribution is 5.93. The largest absolute Gasteiger partial charge is 0.465 e. The molecule has 1 aliphatic rings. The third-order valence-corrected chi connectivity index (χ3v) is 3.06. The summed E-state index contributed by atoms with van der Waals surface area (Å²) in [5.41, 5.74) is 1.33. The first-order valence-electron chi connectivity index (χ1n) is 5.44. The molecule has 1 aromatic heterocycles. The minimum Gasteiger partial charge on any atom is -0.465 e. The minimum atomic E-state index is -1.04. The van der Waals surface area contributed by atoms with Crippen molar-refractivity contribution in [2.24, 2.45) is 0 Å². The molecule has 0 fully saturated rings. The molecule has 8 nitrogen and oxygen atoms in total. The molecule has 0 saturated carbocycles. The van der Waals surface area contributed by atoms with E-state index in [9.17, 15) is 9.59 Å². The molecule has 2 amide bonds. The summed E-state index contributed by atoms with van der Waals surface area (Å²) in [6.45, 7) is 1.88. The van der Waals surface area contributed by atoms with Gasteiger partial charge in [0.2, 0.25) is 0 Å². The van der Waals surface area contributed by atoms with E-state index in [1.807, 2.05) is 0 Å². The zero-order valence-corrected chi connectivity index (χ0v) is 10.0. The molecule has 0 saturated heterocycles. The van der Waals surface area contributed by atoms with E-state index < -0.39 is 12.0 Å². The van der Waals surface area contributed by atoms with Crippen LogP contribution in [0.3, 0.4) is 0 Å². The molecule has 3 N–H and O–H groups in total. The maximum atomic E-state index is 11.7. The molecular formula is C10H14N4O4. The quantitative estimate of drug-likeness (QED) is 0.493. The van der Waals surface area contributed by atoms with Crippen molar-refractivity contribution in [1.82, 2.24) is 20.2 Å². The van der Waals surface area contributed by atoms with Crippen LogP contribution in [0, 0.1) is 0 Å². The average molecular weight is 254 g/mol. The lowest BCUT2D eigenvalue weighted by molar-refractivity contribution is -0.0381. The smallest absolute Gasteiger partial charge is 0.407 e. The lowest BCUT2D eigenvalue weighted by atomic mass is 10.00. The van der Waals surface area contributed by atoms with Gasteiger partial charge >= 0.3 is 6.09 Å². The number of H-pyrrole nitrogens is 1. The van der Waals surface area contributed by atoms with Crippen molar-refractivity contribution in [3.63, 3.8) is 0 Å². The van der Waals surface area contributed by atoms with E-state index in [1.54, 1.807) is 6.92 Å². The number of nitrogens with one attached hydrogen (secondary N) is 1. The summed E-state index contributed by atoms with van der Waals surface area (Å²) in [4.78, 5) is 24.0. The van der Waals surface area contributed by atoms with Gasteiger partial charge in [0.25, 0.3) is 5.91 Å². The number of aromatic nitrogens is 2. The number of amides is 2. The Balaban J connectivity index is 2.36. The number of carboxylic acid groups (broad SMARTS) is 1. The third-order valence-electron chi connectivity index (χ3n) is 3.06. The van der Waals surface area contributed by atoms with E-state index in [0.717, 1.165) is 5.69 Å². The highest BCUT2D eigenvalue weighted by Gasteiger charge is 2.32. The average Bonchev–Trinajstić information content (AvgIpc) is 2.68. The molecule has 1 unspecified atom stereocenters. The number of hydrogen-bond donors (Lipinski definition) is 3. The Morgan fingerprint density at radius 3 is 2.78 bits per heavy atom. The number of rotatable bonds is 1. The SMILES string of the molecule is CC1Cc2[nH]nc(C(=O)N(C)O)c2CN1C(=O)O. The van der Waals surface area contributed by atoms with Gasteiger partial charge < -0.3 is 10.0 Å². The Morgan fingerprint density at radius 1 is 1.56 bits per heavy atom. The van der Waals surface area contributed by atoms with Crippen LogP contribution < -0.4 is 0 Å². The minimum absolute atomic E-state index is 0.0631. The maximum absolute atomic E-state index is 11.7. The van der Waals surface area contributed by atoms with E-state index >= 15 is 0 Å². The summed E-state index contributed by atoms with van der Waals surface area (Å²) in [5, 5.41) is 25.2. The van der Waals surface area contributed by atoms with Gasteiger partial charge in [-0.3, -0.25) is 15.1 Å². The number of hydrogen-bond acceptors (Lipinski definition) is 4. The van der Waals surface area contributed by atoms with Gasteiger partial charge in [-0.2, -0.15) is 5.10 Å². The van der Waals surface area contributed by atoms with Crippen molar-refractivity contribution in [2.45, 2.75) is 25.9 Å². The first kappa shape index (κ1) is 12.4. The van der Waals surface area contributed by atoms with Crippen LogP contribution in [0.2, 0.25) is 0 Å². The van der Waals surface area contributed by atoms with Crippen LogP contribution in [-0.2, 0) is 13.0 Å². The number of hydroxylamine groups is 2. The Morgan fingerprint density at radius 2 is 2.22 bits per heavy atom. The Labute approximate surface area is 103 Å². The number of carbonyl (C=O) groups is 2. The van der Waals surface area contributed by atoms with Crippen molar-refractivity contribution in [3.8, 4) is 0 Å². The summed E-state index contributed by atoms with van der Waals surface area (Å²) in [7, 11) is 1.20. The second kappa shape index (κ2) is 4.30. The van der Waals surface area contributed by atoms with E-state index in [0.29, 0.717) is 17.0 Å². The van der Waals surface area contributed by atoms with Crippen LogP contribution in [0.15, 0.2) is 0 Å². The van der Waals surface area contributed by atoms with Crippen LogP contribution in [0.1, 0.15) is 28.7 Å². The molecule has 0 aromatic carbocycles. The predicted octanol–water partition coefficient (Wildman–Crippen LogP) is 0.295. The van der Waals surface area contributed by atoms with E-state index in [1.165, 1.54) is 11.9 Å². The molecule has 2 heterocycles. The van der Waals surface area contributed by atoms with Gasteiger partial charge in [-0.05, 0) is 6.92 Å². The third kappa shape index (κ3) is 1.90. The van der Waals surface area contributed by atoms with Crippen LogP contribution in [0.4, 0.5) is 4.79 Å². The molecule has 8 heteroatoms. The topological polar surface area (TPSA) is 110 Å². The fraction of sp³-hybridized carbons (Fsp3) is 0.500. The van der Waals surface area contributed by atoms with E-state index in [4.69, 9.17) is 10.3 Å². The van der Waals surface area contributed by atoms with Gasteiger partial charge in [0.05, 0.1) is 6.54 Å². The van der Waals surface area contributed by atoms with Crippen molar-refractivity contribution < 1.29 is 19.9 Å². The number of carbonyl (C=O) groups excluding carboxylic acids is 1. The molecule has 18 heavy (non-hydrogen) atoms. The van der Waals surface area contributed by atoms with Crippen LogP contribution in [-0.4, -0.2) is 55.6 Å². The molecule has 1 atom stereocenters. The fourth-order valence-electron chi connectivity index (χ4n) is 2.06. The predicted molar refractivity (Wildman–Crippen MR) is 59.2 cm³/mol. The lowest BCUT2D eigenvalue weighted by Gasteiger charge is -2.30. The van der Waals surface area contributed by atoms with Crippen molar-refractivity contribution in [1.29, 1.82) is 0 Å². The molecule has 0 bridgehead atoms. The molecule has 1 aromatic rings.